The second-order valence-electron chi connectivity index (χ2n) is 5.48. The Morgan fingerprint density at radius 2 is 2.05 bits per heavy atom. The van der Waals surface area contributed by atoms with Gasteiger partial charge in [0.15, 0.2) is 0 Å². The standard InChI is InChI=1S/C18H20FNS/c1-13-5-2-3-6-14(13)9-11-20-17-10-12-21-18-15(17)7-4-8-16(18)19/h2-8,17,20H,9-12H2,1H3. The summed E-state index contributed by atoms with van der Waals surface area (Å²) < 4.78 is 13.8. The van der Waals surface area contributed by atoms with E-state index >= 15 is 0 Å². The topological polar surface area (TPSA) is 12.0 Å². The molecule has 0 saturated heterocycles. The highest BCUT2D eigenvalue weighted by molar-refractivity contribution is 7.99. The number of hydrogen-bond acceptors (Lipinski definition) is 2. The van der Waals surface area contributed by atoms with Crippen molar-refractivity contribution in [2.24, 2.45) is 0 Å². The normalized spacial score (nSPS) is 17.5. The minimum atomic E-state index is -0.0806. The van der Waals surface area contributed by atoms with Gasteiger partial charge < -0.3 is 5.32 Å². The first-order valence-corrected chi connectivity index (χ1v) is 8.43. The molecule has 2 aromatic rings. The van der Waals surface area contributed by atoms with Gasteiger partial charge in [0.05, 0.1) is 0 Å². The number of hydrogen-bond donors (Lipinski definition) is 1. The summed E-state index contributed by atoms with van der Waals surface area (Å²) in [5.74, 6) is 0.901. The predicted octanol–water partition coefficient (Wildman–Crippen LogP) is 4.50. The molecule has 1 atom stereocenters. The van der Waals surface area contributed by atoms with Crippen molar-refractivity contribution in [2.45, 2.75) is 30.7 Å². The second-order valence-corrected chi connectivity index (χ2v) is 6.58. The lowest BCUT2D eigenvalue weighted by Gasteiger charge is -2.26. The van der Waals surface area contributed by atoms with Gasteiger partial charge in [0, 0.05) is 10.9 Å². The lowest BCUT2D eigenvalue weighted by molar-refractivity contribution is 0.500. The fourth-order valence-electron chi connectivity index (χ4n) is 2.87. The molecule has 0 aliphatic carbocycles. The Hall–Kier alpha value is -1.32. The first kappa shape index (κ1) is 14.6. The van der Waals surface area contributed by atoms with Crippen molar-refractivity contribution in [1.82, 2.24) is 5.32 Å². The zero-order valence-electron chi connectivity index (χ0n) is 12.2. The van der Waals surface area contributed by atoms with Crippen LogP contribution in [0.25, 0.3) is 0 Å². The number of fused-ring (bicyclic) bond motifs is 1. The molecular weight excluding hydrogens is 281 g/mol. The van der Waals surface area contributed by atoms with Crippen LogP contribution in [0.15, 0.2) is 47.4 Å². The average molecular weight is 301 g/mol. The summed E-state index contributed by atoms with van der Waals surface area (Å²) in [7, 11) is 0. The van der Waals surface area contributed by atoms with Gasteiger partial charge in [-0.3, -0.25) is 0 Å². The largest absolute Gasteiger partial charge is 0.310 e. The van der Waals surface area contributed by atoms with Crippen molar-refractivity contribution in [3.8, 4) is 0 Å². The van der Waals surface area contributed by atoms with E-state index in [9.17, 15) is 4.39 Å². The van der Waals surface area contributed by atoms with Gasteiger partial charge in [0.2, 0.25) is 0 Å². The fraction of sp³-hybridized carbons (Fsp3) is 0.333. The third kappa shape index (κ3) is 3.30. The van der Waals surface area contributed by atoms with Gasteiger partial charge in [0.25, 0.3) is 0 Å². The zero-order chi connectivity index (χ0) is 14.7. The van der Waals surface area contributed by atoms with Gasteiger partial charge >= 0.3 is 0 Å². The lowest BCUT2D eigenvalue weighted by Crippen LogP contribution is -2.27. The second kappa shape index (κ2) is 6.63. The minimum Gasteiger partial charge on any atom is -0.310 e. The van der Waals surface area contributed by atoms with Crippen LogP contribution in [0.2, 0.25) is 0 Å². The minimum absolute atomic E-state index is 0.0806. The molecule has 0 radical (unpaired) electrons. The Bertz CT molecular complexity index is 626. The molecule has 1 aliphatic rings. The Labute approximate surface area is 130 Å². The highest BCUT2D eigenvalue weighted by atomic mass is 32.2. The summed E-state index contributed by atoms with van der Waals surface area (Å²) >= 11 is 1.64. The first-order valence-electron chi connectivity index (χ1n) is 7.45. The molecule has 0 amide bonds. The van der Waals surface area contributed by atoms with E-state index in [-0.39, 0.29) is 11.9 Å². The zero-order valence-corrected chi connectivity index (χ0v) is 13.0. The number of rotatable bonds is 4. The van der Waals surface area contributed by atoms with Gasteiger partial charge in [-0.25, -0.2) is 4.39 Å². The van der Waals surface area contributed by atoms with Gasteiger partial charge in [-0.15, -0.1) is 11.8 Å². The average Bonchev–Trinajstić information content (AvgIpc) is 2.50. The smallest absolute Gasteiger partial charge is 0.137 e. The van der Waals surface area contributed by atoms with Crippen molar-refractivity contribution in [3.05, 3.63) is 65.0 Å². The third-order valence-corrected chi connectivity index (χ3v) is 5.23. The van der Waals surface area contributed by atoms with Gasteiger partial charge in [0.1, 0.15) is 5.82 Å². The Kier molecular flexibility index (Phi) is 4.61. The summed E-state index contributed by atoms with van der Waals surface area (Å²) in [5.41, 5.74) is 3.84. The van der Waals surface area contributed by atoms with Crippen LogP contribution in [-0.2, 0) is 6.42 Å². The maximum absolute atomic E-state index is 13.8. The van der Waals surface area contributed by atoms with Crippen LogP contribution in [0.1, 0.15) is 29.2 Å². The molecule has 1 heterocycles. The molecule has 110 valence electrons. The third-order valence-electron chi connectivity index (χ3n) is 4.07. The summed E-state index contributed by atoms with van der Waals surface area (Å²) in [6.45, 7) is 3.08. The summed E-state index contributed by atoms with van der Waals surface area (Å²) in [6.07, 6.45) is 2.08. The number of nitrogens with one attached hydrogen (secondary N) is 1. The lowest BCUT2D eigenvalue weighted by atomic mass is 10.0. The maximum atomic E-state index is 13.8. The van der Waals surface area contributed by atoms with E-state index < -0.39 is 0 Å². The monoisotopic (exact) mass is 301 g/mol. The van der Waals surface area contributed by atoms with Crippen LogP contribution in [0.3, 0.4) is 0 Å². The molecular formula is C18H20FNS. The SMILES string of the molecule is Cc1ccccc1CCNC1CCSc2c(F)cccc21. The summed E-state index contributed by atoms with van der Waals surface area (Å²) in [4.78, 5) is 0.831. The summed E-state index contributed by atoms with van der Waals surface area (Å²) in [5, 5.41) is 3.60. The predicted molar refractivity (Wildman–Crippen MR) is 87.4 cm³/mol. The number of thioether (sulfide) groups is 1. The highest BCUT2D eigenvalue weighted by Gasteiger charge is 2.22. The Balaban J connectivity index is 1.65. The van der Waals surface area contributed by atoms with Crippen LogP contribution >= 0.6 is 11.8 Å². The van der Waals surface area contributed by atoms with E-state index in [1.807, 2.05) is 6.07 Å². The molecule has 3 heteroatoms. The first-order chi connectivity index (χ1) is 10.3. The highest BCUT2D eigenvalue weighted by Crippen LogP contribution is 2.37. The van der Waals surface area contributed by atoms with E-state index in [1.54, 1.807) is 17.8 Å². The van der Waals surface area contributed by atoms with Crippen molar-refractivity contribution >= 4 is 11.8 Å². The van der Waals surface area contributed by atoms with E-state index in [2.05, 4.69) is 42.6 Å². The molecule has 3 rings (SSSR count). The molecule has 0 aromatic heterocycles. The van der Waals surface area contributed by atoms with Crippen molar-refractivity contribution in [1.29, 1.82) is 0 Å². The van der Waals surface area contributed by atoms with Crippen LogP contribution in [0, 0.1) is 12.7 Å². The summed E-state index contributed by atoms with van der Waals surface area (Å²) in [6, 6.07) is 14.2. The quantitative estimate of drug-likeness (QED) is 0.892. The molecule has 0 spiro atoms. The number of halogens is 1. The van der Waals surface area contributed by atoms with E-state index in [1.165, 1.54) is 11.1 Å². The van der Waals surface area contributed by atoms with Crippen LogP contribution < -0.4 is 5.32 Å². The van der Waals surface area contributed by atoms with Crippen LogP contribution in [-0.4, -0.2) is 12.3 Å². The molecule has 2 aromatic carbocycles. The molecule has 0 fully saturated rings. The Morgan fingerprint density at radius 3 is 2.90 bits per heavy atom. The van der Waals surface area contributed by atoms with E-state index in [0.717, 1.165) is 35.6 Å². The molecule has 1 N–H and O–H groups in total. The molecule has 0 bridgehead atoms. The number of aryl methyl sites for hydroxylation is 1. The molecule has 0 saturated carbocycles. The molecule has 1 aliphatic heterocycles. The van der Waals surface area contributed by atoms with E-state index in [4.69, 9.17) is 0 Å². The van der Waals surface area contributed by atoms with Crippen molar-refractivity contribution < 1.29 is 4.39 Å². The maximum Gasteiger partial charge on any atom is 0.137 e. The molecule has 1 nitrogen and oxygen atoms in total. The van der Waals surface area contributed by atoms with Crippen LogP contribution in [0.5, 0.6) is 0 Å². The van der Waals surface area contributed by atoms with Gasteiger partial charge in [-0.2, -0.15) is 0 Å². The van der Waals surface area contributed by atoms with E-state index in [0.29, 0.717) is 0 Å². The molecule has 1 unspecified atom stereocenters. The van der Waals surface area contributed by atoms with Crippen molar-refractivity contribution in [3.63, 3.8) is 0 Å². The van der Waals surface area contributed by atoms with Crippen molar-refractivity contribution in [2.75, 3.05) is 12.3 Å². The fourth-order valence-corrected chi connectivity index (χ4v) is 4.01. The van der Waals surface area contributed by atoms with Gasteiger partial charge in [-0.05, 0) is 54.8 Å². The van der Waals surface area contributed by atoms with Crippen LogP contribution in [0.4, 0.5) is 4.39 Å². The molecule has 21 heavy (non-hydrogen) atoms. The van der Waals surface area contributed by atoms with Gasteiger partial charge in [-0.1, -0.05) is 36.4 Å². The number of benzene rings is 2. The Morgan fingerprint density at radius 1 is 1.19 bits per heavy atom.